The highest BCUT2D eigenvalue weighted by molar-refractivity contribution is 6.24. The van der Waals surface area contributed by atoms with E-state index in [2.05, 4.69) is 5.32 Å². The Labute approximate surface area is 187 Å². The first-order chi connectivity index (χ1) is 15.1. The van der Waals surface area contributed by atoms with E-state index in [1.165, 1.54) is 4.90 Å². The van der Waals surface area contributed by atoms with E-state index in [4.69, 9.17) is 4.74 Å². The Balaban J connectivity index is 1.66. The lowest BCUT2D eigenvalue weighted by Gasteiger charge is -2.34. The van der Waals surface area contributed by atoms with E-state index in [0.717, 1.165) is 11.1 Å². The molecular formula is C26H28N2O4. The van der Waals surface area contributed by atoms with E-state index in [1.807, 2.05) is 58.0 Å². The number of para-hydroxylation sites is 1. The monoisotopic (exact) mass is 432 g/mol. The Hall–Kier alpha value is -2.99. The third-order valence-electron chi connectivity index (χ3n) is 7.07. The fourth-order valence-electron chi connectivity index (χ4n) is 5.77. The van der Waals surface area contributed by atoms with E-state index in [1.54, 1.807) is 24.3 Å². The summed E-state index contributed by atoms with van der Waals surface area (Å²) in [6.07, 6.45) is 1.02. The number of esters is 1. The van der Waals surface area contributed by atoms with E-state index in [0.29, 0.717) is 18.5 Å². The van der Waals surface area contributed by atoms with Crippen LogP contribution in [0.4, 0.5) is 5.69 Å². The zero-order valence-corrected chi connectivity index (χ0v) is 18.8. The van der Waals surface area contributed by atoms with Crippen LogP contribution in [0.15, 0.2) is 54.6 Å². The van der Waals surface area contributed by atoms with Gasteiger partial charge < -0.3 is 4.74 Å². The largest absolute Gasteiger partial charge is 0.459 e. The standard InChI is InChI=1S/C26H28N2O4/c1-16-10-12-17(13-11-16)25-14-15-26(27-25,23(31)32-24(2,3)4)20-19(25)21(29)28(22(20)30)18-8-6-5-7-9-18/h5-13,19-20,27H,14-15H2,1-4H3/t19-,20+,25+,26+/m1/s1. The highest BCUT2D eigenvalue weighted by Crippen LogP contribution is 2.61. The van der Waals surface area contributed by atoms with Crippen LogP contribution in [0.1, 0.15) is 44.7 Å². The lowest BCUT2D eigenvalue weighted by Crippen LogP contribution is -2.56. The number of nitrogens with zero attached hydrogens (tertiary/aromatic N) is 1. The maximum Gasteiger partial charge on any atom is 0.327 e. The summed E-state index contributed by atoms with van der Waals surface area (Å²) in [5.41, 5.74) is -0.140. The fraction of sp³-hybridized carbons (Fsp3) is 0.423. The number of carbonyl (C=O) groups excluding carboxylic acids is 3. The van der Waals surface area contributed by atoms with Crippen LogP contribution in [0.5, 0.6) is 0 Å². The van der Waals surface area contributed by atoms with Crippen molar-refractivity contribution in [3.8, 4) is 0 Å². The van der Waals surface area contributed by atoms with E-state index in [-0.39, 0.29) is 11.8 Å². The van der Waals surface area contributed by atoms with Gasteiger partial charge in [0.1, 0.15) is 11.1 Å². The molecule has 6 heteroatoms. The zero-order chi connectivity index (χ0) is 22.9. The lowest BCUT2D eigenvalue weighted by atomic mass is 9.65. The smallest absolute Gasteiger partial charge is 0.327 e. The molecule has 2 bridgehead atoms. The third kappa shape index (κ3) is 2.78. The molecule has 3 fully saturated rings. The molecule has 2 amide bonds. The lowest BCUT2D eigenvalue weighted by molar-refractivity contribution is -0.165. The number of hydrogen-bond donors (Lipinski definition) is 1. The average Bonchev–Trinajstić information content (AvgIpc) is 3.36. The number of amides is 2. The van der Waals surface area contributed by atoms with Gasteiger partial charge in [-0.25, -0.2) is 4.90 Å². The Kier molecular flexibility index (Phi) is 4.41. The van der Waals surface area contributed by atoms with Gasteiger partial charge in [-0.1, -0.05) is 48.0 Å². The van der Waals surface area contributed by atoms with Crippen molar-refractivity contribution in [2.75, 3.05) is 4.90 Å². The highest BCUT2D eigenvalue weighted by Gasteiger charge is 2.77. The number of hydrogen-bond acceptors (Lipinski definition) is 5. The predicted octanol–water partition coefficient (Wildman–Crippen LogP) is 3.47. The van der Waals surface area contributed by atoms with Crippen molar-refractivity contribution < 1.29 is 19.1 Å². The van der Waals surface area contributed by atoms with Gasteiger partial charge >= 0.3 is 5.97 Å². The van der Waals surface area contributed by atoms with Crippen molar-refractivity contribution in [2.45, 2.75) is 57.2 Å². The molecule has 0 aliphatic carbocycles. The van der Waals surface area contributed by atoms with Gasteiger partial charge in [0.25, 0.3) is 0 Å². The average molecular weight is 433 g/mol. The van der Waals surface area contributed by atoms with Gasteiger partial charge in [-0.3, -0.25) is 19.7 Å². The second-order valence-corrected chi connectivity index (χ2v) is 10.2. The van der Waals surface area contributed by atoms with Crippen LogP contribution >= 0.6 is 0 Å². The number of carbonyl (C=O) groups is 3. The number of anilines is 1. The van der Waals surface area contributed by atoms with Crippen LogP contribution in [0, 0.1) is 18.8 Å². The van der Waals surface area contributed by atoms with Gasteiger partial charge in [0.15, 0.2) is 0 Å². The summed E-state index contributed by atoms with van der Waals surface area (Å²) in [5.74, 6) is -2.52. The van der Waals surface area contributed by atoms with Crippen molar-refractivity contribution >= 4 is 23.5 Å². The van der Waals surface area contributed by atoms with Crippen LogP contribution < -0.4 is 10.2 Å². The van der Waals surface area contributed by atoms with Crippen molar-refractivity contribution in [1.29, 1.82) is 0 Å². The Morgan fingerprint density at radius 1 is 0.969 bits per heavy atom. The van der Waals surface area contributed by atoms with Crippen molar-refractivity contribution in [3.63, 3.8) is 0 Å². The van der Waals surface area contributed by atoms with Gasteiger partial charge in [0.05, 0.1) is 23.1 Å². The molecule has 32 heavy (non-hydrogen) atoms. The summed E-state index contributed by atoms with van der Waals surface area (Å²) in [7, 11) is 0. The minimum Gasteiger partial charge on any atom is -0.459 e. The number of ether oxygens (including phenoxy) is 1. The fourth-order valence-corrected chi connectivity index (χ4v) is 5.77. The quantitative estimate of drug-likeness (QED) is 0.594. The minimum atomic E-state index is -1.22. The molecule has 0 unspecified atom stereocenters. The molecule has 166 valence electrons. The summed E-state index contributed by atoms with van der Waals surface area (Å²) in [6.45, 7) is 7.45. The normalized spacial score (nSPS) is 31.2. The van der Waals surface area contributed by atoms with Crippen LogP contribution in [0.25, 0.3) is 0 Å². The second-order valence-electron chi connectivity index (χ2n) is 10.2. The maximum absolute atomic E-state index is 13.8. The summed E-state index contributed by atoms with van der Waals surface area (Å²) in [4.78, 5) is 42.4. The molecule has 0 spiro atoms. The molecule has 1 N–H and O–H groups in total. The topological polar surface area (TPSA) is 75.7 Å². The summed E-state index contributed by atoms with van der Waals surface area (Å²) in [5, 5.41) is 3.50. The number of nitrogens with one attached hydrogen (secondary N) is 1. The van der Waals surface area contributed by atoms with Crippen LogP contribution in [0.3, 0.4) is 0 Å². The number of rotatable bonds is 3. The Morgan fingerprint density at radius 2 is 1.59 bits per heavy atom. The van der Waals surface area contributed by atoms with Gasteiger partial charge in [0, 0.05) is 0 Å². The van der Waals surface area contributed by atoms with Gasteiger partial charge in [-0.05, 0) is 58.2 Å². The first kappa shape index (κ1) is 20.9. The molecule has 3 saturated heterocycles. The number of aryl methyl sites for hydroxylation is 1. The molecule has 2 aromatic carbocycles. The van der Waals surface area contributed by atoms with Gasteiger partial charge in [-0.2, -0.15) is 0 Å². The molecule has 3 aliphatic rings. The predicted molar refractivity (Wildman–Crippen MR) is 120 cm³/mol. The molecular weight excluding hydrogens is 404 g/mol. The Bertz CT molecular complexity index is 1100. The van der Waals surface area contributed by atoms with Crippen LogP contribution in [0.2, 0.25) is 0 Å². The van der Waals surface area contributed by atoms with Crippen molar-refractivity contribution in [3.05, 3.63) is 65.7 Å². The van der Waals surface area contributed by atoms with E-state index >= 15 is 0 Å². The summed E-state index contributed by atoms with van der Waals surface area (Å²) < 4.78 is 5.79. The van der Waals surface area contributed by atoms with Gasteiger partial charge in [-0.15, -0.1) is 0 Å². The minimum absolute atomic E-state index is 0.260. The SMILES string of the molecule is Cc1ccc([C@]23CC[C@](C(=O)OC(C)(C)C)(N2)[C@@H]2C(=O)N(c4ccccc4)C(=O)[C@@H]23)cc1. The first-order valence-electron chi connectivity index (χ1n) is 11.1. The summed E-state index contributed by atoms with van der Waals surface area (Å²) >= 11 is 0. The van der Waals surface area contributed by atoms with Crippen LogP contribution in [-0.4, -0.2) is 28.9 Å². The third-order valence-corrected chi connectivity index (χ3v) is 7.07. The van der Waals surface area contributed by atoms with Crippen LogP contribution in [-0.2, 0) is 24.7 Å². The molecule has 3 heterocycles. The van der Waals surface area contributed by atoms with E-state index < -0.39 is 34.5 Å². The number of imide groups is 1. The van der Waals surface area contributed by atoms with E-state index in [9.17, 15) is 14.4 Å². The molecule has 2 aromatic rings. The van der Waals surface area contributed by atoms with Gasteiger partial charge in [0.2, 0.25) is 11.8 Å². The highest BCUT2D eigenvalue weighted by atomic mass is 16.6. The number of benzene rings is 2. The van der Waals surface area contributed by atoms with Crippen molar-refractivity contribution in [2.24, 2.45) is 11.8 Å². The maximum atomic E-state index is 13.8. The second kappa shape index (κ2) is 6.75. The first-order valence-corrected chi connectivity index (χ1v) is 11.1. The molecule has 0 saturated carbocycles. The van der Waals surface area contributed by atoms with Crippen molar-refractivity contribution in [1.82, 2.24) is 5.32 Å². The summed E-state index contributed by atoms with van der Waals surface area (Å²) in [6, 6.07) is 17.0. The molecule has 4 atom stereocenters. The number of fused-ring (bicyclic) bond motifs is 5. The molecule has 0 radical (unpaired) electrons. The molecule has 0 aromatic heterocycles. The molecule has 5 rings (SSSR count). The molecule has 6 nitrogen and oxygen atoms in total. The zero-order valence-electron chi connectivity index (χ0n) is 18.8. The Morgan fingerprint density at radius 3 is 2.22 bits per heavy atom. The molecule has 3 aliphatic heterocycles.